The predicted molar refractivity (Wildman–Crippen MR) is 150 cm³/mol. The Morgan fingerprint density at radius 3 is 2.62 bits per heavy atom. The van der Waals surface area contributed by atoms with Gasteiger partial charge < -0.3 is 4.74 Å². The number of carbonyl (C=O) groups is 1. The van der Waals surface area contributed by atoms with E-state index in [-0.39, 0.29) is 18.3 Å². The van der Waals surface area contributed by atoms with Crippen LogP contribution in [0.15, 0.2) is 103 Å². The molecule has 1 aliphatic rings. The van der Waals surface area contributed by atoms with Crippen LogP contribution in [0.25, 0.3) is 23.0 Å². The van der Waals surface area contributed by atoms with Crippen molar-refractivity contribution < 1.29 is 13.9 Å². The lowest BCUT2D eigenvalue weighted by atomic mass is 10.1. The number of hydrogen-bond donors (Lipinski definition) is 0. The van der Waals surface area contributed by atoms with Crippen LogP contribution in [-0.4, -0.2) is 31.5 Å². The Morgan fingerprint density at radius 2 is 1.84 bits per heavy atom. The summed E-state index contributed by atoms with van der Waals surface area (Å²) in [5.41, 5.74) is 3.59. The lowest BCUT2D eigenvalue weighted by Crippen LogP contribution is -2.27. The van der Waals surface area contributed by atoms with Crippen molar-refractivity contribution in [3.05, 3.63) is 120 Å². The number of aromatic nitrogens is 2. The Kier molecular flexibility index (Phi) is 7.30. The van der Waals surface area contributed by atoms with Crippen molar-refractivity contribution in [3.8, 4) is 22.7 Å². The van der Waals surface area contributed by atoms with Gasteiger partial charge in [-0.05, 0) is 36.4 Å². The average molecular weight is 528 g/mol. The highest BCUT2D eigenvalue weighted by molar-refractivity contribution is 8.26. The molecule has 37 heavy (non-hydrogen) atoms. The minimum absolute atomic E-state index is 0.104. The van der Waals surface area contributed by atoms with Crippen molar-refractivity contribution in [2.75, 3.05) is 6.54 Å². The Balaban J connectivity index is 1.51. The van der Waals surface area contributed by atoms with Crippen LogP contribution in [0, 0.1) is 5.82 Å². The van der Waals surface area contributed by atoms with Gasteiger partial charge in [-0.2, -0.15) is 5.10 Å². The summed E-state index contributed by atoms with van der Waals surface area (Å²) in [6.45, 7) is 4.18. The normalized spacial score (nSPS) is 14.4. The van der Waals surface area contributed by atoms with Crippen LogP contribution in [0.1, 0.15) is 11.1 Å². The number of carbonyl (C=O) groups excluding carboxylic acids is 1. The molecule has 0 aliphatic carbocycles. The Labute approximate surface area is 223 Å². The zero-order valence-corrected chi connectivity index (χ0v) is 21.3. The fourth-order valence-electron chi connectivity index (χ4n) is 3.87. The smallest absolute Gasteiger partial charge is 0.266 e. The van der Waals surface area contributed by atoms with Crippen LogP contribution in [0.4, 0.5) is 4.39 Å². The zero-order valence-electron chi connectivity index (χ0n) is 19.7. The van der Waals surface area contributed by atoms with E-state index in [1.807, 2.05) is 66.9 Å². The molecule has 0 atom stereocenters. The molecule has 3 aromatic carbocycles. The van der Waals surface area contributed by atoms with Gasteiger partial charge in [0.2, 0.25) is 0 Å². The second-order valence-electron chi connectivity index (χ2n) is 8.20. The molecule has 0 saturated carbocycles. The third kappa shape index (κ3) is 5.40. The van der Waals surface area contributed by atoms with Crippen molar-refractivity contribution in [3.63, 3.8) is 0 Å². The molecular formula is C29H22FN3O2S2. The second kappa shape index (κ2) is 10.9. The molecule has 5 nitrogen and oxygen atoms in total. The van der Waals surface area contributed by atoms with Crippen LogP contribution in [0.3, 0.4) is 0 Å². The number of para-hydroxylation sites is 1. The summed E-state index contributed by atoms with van der Waals surface area (Å²) in [6.07, 6.45) is 5.36. The summed E-state index contributed by atoms with van der Waals surface area (Å²) < 4.78 is 22.2. The maximum atomic E-state index is 14.0. The van der Waals surface area contributed by atoms with E-state index in [0.29, 0.717) is 32.8 Å². The van der Waals surface area contributed by atoms with Gasteiger partial charge >= 0.3 is 0 Å². The molecule has 0 bridgehead atoms. The van der Waals surface area contributed by atoms with E-state index in [1.165, 1.54) is 22.7 Å². The van der Waals surface area contributed by atoms with Crippen molar-refractivity contribution in [2.45, 2.75) is 6.61 Å². The molecule has 1 aliphatic heterocycles. The highest BCUT2D eigenvalue weighted by Crippen LogP contribution is 2.35. The molecule has 5 rings (SSSR count). The predicted octanol–water partition coefficient (Wildman–Crippen LogP) is 6.64. The fourth-order valence-corrected chi connectivity index (χ4v) is 5.13. The monoisotopic (exact) mass is 527 g/mol. The lowest BCUT2D eigenvalue weighted by Gasteiger charge is -2.10. The zero-order chi connectivity index (χ0) is 25.8. The third-order valence-corrected chi connectivity index (χ3v) is 7.07. The molecule has 1 saturated heterocycles. The number of benzene rings is 3. The maximum absolute atomic E-state index is 14.0. The van der Waals surface area contributed by atoms with Crippen molar-refractivity contribution >= 4 is 40.3 Å². The molecule has 0 unspecified atom stereocenters. The largest absolute Gasteiger partial charge is 0.489 e. The molecule has 0 N–H and O–H groups in total. The first-order valence-electron chi connectivity index (χ1n) is 11.5. The molecule has 2 heterocycles. The number of hydrogen-bond acceptors (Lipinski definition) is 5. The number of ether oxygens (including phenoxy) is 1. The van der Waals surface area contributed by atoms with Gasteiger partial charge in [0.25, 0.3) is 5.91 Å². The number of thioether (sulfide) groups is 1. The van der Waals surface area contributed by atoms with Crippen molar-refractivity contribution in [1.82, 2.24) is 14.7 Å². The van der Waals surface area contributed by atoms with Gasteiger partial charge in [0.15, 0.2) is 0 Å². The van der Waals surface area contributed by atoms with E-state index in [4.69, 9.17) is 22.1 Å². The lowest BCUT2D eigenvalue weighted by molar-refractivity contribution is -0.121. The minimum atomic E-state index is -0.309. The summed E-state index contributed by atoms with van der Waals surface area (Å²) in [5, 5.41) is 4.84. The van der Waals surface area contributed by atoms with E-state index in [0.717, 1.165) is 16.8 Å². The van der Waals surface area contributed by atoms with E-state index in [2.05, 4.69) is 6.58 Å². The molecule has 8 heteroatoms. The van der Waals surface area contributed by atoms with E-state index in [1.54, 1.807) is 29.0 Å². The number of amides is 1. The molecular weight excluding hydrogens is 505 g/mol. The molecule has 0 spiro atoms. The summed E-state index contributed by atoms with van der Waals surface area (Å²) in [4.78, 5) is 15.0. The Hall–Kier alpha value is -4.01. The summed E-state index contributed by atoms with van der Waals surface area (Å²) >= 11 is 6.66. The summed E-state index contributed by atoms with van der Waals surface area (Å²) in [5.74, 6) is 0.116. The van der Waals surface area contributed by atoms with Gasteiger partial charge in [0, 0.05) is 29.4 Å². The SMILES string of the molecule is C=CCN1C(=O)C(=Cc2cn(-c3ccccc3)nc2-c2cccc(OCc3ccccc3F)c2)SC1=S. The molecule has 1 amide bonds. The molecule has 4 aromatic rings. The standard InChI is InChI=1S/C29H22FN3O2S2/c1-2-15-32-28(34)26(37-29(32)36)17-22-18-33(23-11-4-3-5-12-23)31-27(22)20-10-8-13-24(16-20)35-19-21-9-6-7-14-25(21)30/h2-14,16-18H,1,15,19H2. The van der Waals surface area contributed by atoms with E-state index in [9.17, 15) is 9.18 Å². The van der Waals surface area contributed by atoms with Crippen LogP contribution < -0.4 is 4.74 Å². The van der Waals surface area contributed by atoms with Gasteiger partial charge in [-0.25, -0.2) is 9.07 Å². The first-order valence-corrected chi connectivity index (χ1v) is 12.7. The first kappa shape index (κ1) is 24.7. The first-order chi connectivity index (χ1) is 18.0. The molecule has 1 aromatic heterocycles. The van der Waals surface area contributed by atoms with Gasteiger partial charge in [-0.15, -0.1) is 6.58 Å². The van der Waals surface area contributed by atoms with Crippen LogP contribution in [0.5, 0.6) is 5.75 Å². The Morgan fingerprint density at radius 1 is 1.05 bits per heavy atom. The highest BCUT2D eigenvalue weighted by Gasteiger charge is 2.31. The van der Waals surface area contributed by atoms with Gasteiger partial charge in [-0.3, -0.25) is 9.69 Å². The van der Waals surface area contributed by atoms with Gasteiger partial charge in [-0.1, -0.05) is 78.6 Å². The number of nitrogens with zero attached hydrogens (tertiary/aromatic N) is 3. The number of rotatable bonds is 8. The van der Waals surface area contributed by atoms with Crippen LogP contribution in [0.2, 0.25) is 0 Å². The topological polar surface area (TPSA) is 47.4 Å². The number of thiocarbonyl (C=S) groups is 1. The molecule has 184 valence electrons. The minimum Gasteiger partial charge on any atom is -0.489 e. The molecule has 1 fully saturated rings. The third-order valence-electron chi connectivity index (χ3n) is 5.69. The summed E-state index contributed by atoms with van der Waals surface area (Å²) in [6, 6.07) is 23.7. The van der Waals surface area contributed by atoms with Gasteiger partial charge in [0.1, 0.15) is 28.2 Å². The molecule has 0 radical (unpaired) electrons. The maximum Gasteiger partial charge on any atom is 0.266 e. The fraction of sp³-hybridized carbons (Fsp3) is 0.0690. The van der Waals surface area contributed by atoms with Crippen LogP contribution >= 0.6 is 24.0 Å². The van der Waals surface area contributed by atoms with Crippen molar-refractivity contribution in [1.29, 1.82) is 0 Å². The highest BCUT2D eigenvalue weighted by atomic mass is 32.2. The average Bonchev–Trinajstić information content (AvgIpc) is 3.46. The number of halogens is 1. The van der Waals surface area contributed by atoms with E-state index < -0.39 is 0 Å². The van der Waals surface area contributed by atoms with Crippen molar-refractivity contribution in [2.24, 2.45) is 0 Å². The van der Waals surface area contributed by atoms with E-state index >= 15 is 0 Å². The van der Waals surface area contributed by atoms with Crippen LogP contribution in [-0.2, 0) is 11.4 Å². The van der Waals surface area contributed by atoms with Gasteiger partial charge in [0.05, 0.1) is 10.6 Å². The second-order valence-corrected chi connectivity index (χ2v) is 9.88. The Bertz CT molecular complexity index is 1510. The quantitative estimate of drug-likeness (QED) is 0.146. The summed E-state index contributed by atoms with van der Waals surface area (Å²) in [7, 11) is 0.